The Hall–Kier alpha value is -1.94. The van der Waals surface area contributed by atoms with Crippen LogP contribution in [0.25, 0.3) is 0 Å². The second kappa shape index (κ2) is 8.27. The third-order valence-corrected chi connectivity index (χ3v) is 2.98. The zero-order valence-electron chi connectivity index (χ0n) is 11.8. The molecule has 1 atom stereocenters. The molecule has 2 N–H and O–H groups in total. The molecule has 0 heterocycles. The van der Waals surface area contributed by atoms with Crippen molar-refractivity contribution in [2.24, 2.45) is 0 Å². The molecule has 0 bridgehead atoms. The fourth-order valence-corrected chi connectivity index (χ4v) is 1.98. The van der Waals surface area contributed by atoms with Gasteiger partial charge in [-0.3, -0.25) is 9.59 Å². The summed E-state index contributed by atoms with van der Waals surface area (Å²) in [4.78, 5) is 23.1. The second-order valence-corrected chi connectivity index (χ2v) is 4.66. The summed E-state index contributed by atoms with van der Waals surface area (Å²) in [6.45, 7) is 6.05. The van der Waals surface area contributed by atoms with Gasteiger partial charge in [0.25, 0.3) is 0 Å². The number of Topliss-reactive ketones (excluding diaryl/α,β-unsaturated/α-hetero) is 1. The highest BCUT2D eigenvalue weighted by molar-refractivity contribution is 6.01. The Morgan fingerprint density at radius 1 is 1.35 bits per heavy atom. The summed E-state index contributed by atoms with van der Waals surface area (Å²) in [6.07, 6.45) is 3.40. The summed E-state index contributed by atoms with van der Waals surface area (Å²) in [5.41, 5.74) is 1.71. The predicted octanol–water partition coefficient (Wildman–Crippen LogP) is 2.44. The van der Waals surface area contributed by atoms with E-state index in [9.17, 15) is 9.59 Å². The Kier molecular flexibility index (Phi) is 6.67. The fourth-order valence-electron chi connectivity index (χ4n) is 1.98. The maximum absolute atomic E-state index is 12.3. The molecule has 1 aromatic rings. The molecule has 0 aliphatic rings. The monoisotopic (exact) mass is 275 g/mol. The molecular weight excluding hydrogens is 254 g/mol. The van der Waals surface area contributed by atoms with Crippen molar-refractivity contribution >= 4 is 11.8 Å². The molecule has 1 unspecified atom stereocenters. The number of ketones is 1. The highest BCUT2D eigenvalue weighted by Gasteiger charge is 2.21. The van der Waals surface area contributed by atoms with Crippen molar-refractivity contribution < 1.29 is 14.7 Å². The lowest BCUT2D eigenvalue weighted by Gasteiger charge is -2.15. The number of carboxylic acid groups (broad SMARTS) is 1. The van der Waals surface area contributed by atoms with E-state index < -0.39 is 12.0 Å². The number of hydrogen-bond acceptors (Lipinski definition) is 3. The van der Waals surface area contributed by atoms with Gasteiger partial charge in [-0.05, 0) is 12.0 Å². The van der Waals surface area contributed by atoms with Gasteiger partial charge in [-0.2, -0.15) is 0 Å². The quantitative estimate of drug-likeness (QED) is 0.536. The Labute approximate surface area is 119 Å². The first-order chi connectivity index (χ1) is 9.58. The minimum Gasteiger partial charge on any atom is -0.481 e. The van der Waals surface area contributed by atoms with Gasteiger partial charge in [0.05, 0.1) is 12.5 Å². The molecule has 0 fully saturated rings. The lowest BCUT2D eigenvalue weighted by Crippen LogP contribution is -2.38. The first-order valence-electron chi connectivity index (χ1n) is 6.77. The van der Waals surface area contributed by atoms with Gasteiger partial charge in [-0.1, -0.05) is 43.7 Å². The van der Waals surface area contributed by atoms with Gasteiger partial charge < -0.3 is 10.4 Å². The topological polar surface area (TPSA) is 66.4 Å². The van der Waals surface area contributed by atoms with Crippen LogP contribution in [0.3, 0.4) is 0 Å². The van der Waals surface area contributed by atoms with E-state index in [-0.39, 0.29) is 12.2 Å². The molecule has 1 rings (SSSR count). The normalized spacial score (nSPS) is 11.8. The average molecular weight is 275 g/mol. The van der Waals surface area contributed by atoms with E-state index in [0.29, 0.717) is 12.1 Å². The van der Waals surface area contributed by atoms with Crippen LogP contribution in [0.4, 0.5) is 0 Å². The number of benzene rings is 1. The number of carboxylic acids is 1. The van der Waals surface area contributed by atoms with Crippen molar-refractivity contribution in [1.29, 1.82) is 0 Å². The molecular formula is C16H21NO3. The summed E-state index contributed by atoms with van der Waals surface area (Å²) < 4.78 is 0. The van der Waals surface area contributed by atoms with Gasteiger partial charge in [0.15, 0.2) is 5.78 Å². The van der Waals surface area contributed by atoms with E-state index >= 15 is 0 Å². The largest absolute Gasteiger partial charge is 0.481 e. The van der Waals surface area contributed by atoms with Crippen molar-refractivity contribution in [2.75, 3.05) is 6.54 Å². The number of aliphatic carboxylic acids is 1. The van der Waals surface area contributed by atoms with Gasteiger partial charge in [0.2, 0.25) is 0 Å². The number of carbonyl (C=O) groups is 2. The minimum absolute atomic E-state index is 0.197. The average Bonchev–Trinajstić information content (AvgIpc) is 2.43. The number of aryl methyl sites for hydroxylation is 1. The molecule has 108 valence electrons. The molecule has 0 amide bonds. The first kappa shape index (κ1) is 16.1. The molecule has 4 nitrogen and oxygen atoms in total. The molecule has 0 aromatic heterocycles. The summed E-state index contributed by atoms with van der Waals surface area (Å²) in [5, 5.41) is 11.8. The van der Waals surface area contributed by atoms with Crippen LogP contribution in [-0.4, -0.2) is 29.4 Å². The Bertz CT molecular complexity index is 465. The van der Waals surface area contributed by atoms with Crippen LogP contribution < -0.4 is 5.32 Å². The van der Waals surface area contributed by atoms with E-state index in [1.165, 1.54) is 5.56 Å². The second-order valence-electron chi connectivity index (χ2n) is 4.66. The summed E-state index contributed by atoms with van der Waals surface area (Å²) in [5.74, 6) is -1.19. The van der Waals surface area contributed by atoms with Gasteiger partial charge in [0.1, 0.15) is 0 Å². The van der Waals surface area contributed by atoms with Crippen LogP contribution >= 0.6 is 0 Å². The van der Waals surface area contributed by atoms with E-state index in [0.717, 1.165) is 12.8 Å². The van der Waals surface area contributed by atoms with Crippen LogP contribution in [0, 0.1) is 0 Å². The number of carbonyl (C=O) groups excluding carboxylic acids is 1. The molecule has 0 saturated carbocycles. The maximum atomic E-state index is 12.3. The smallest absolute Gasteiger partial charge is 0.305 e. The van der Waals surface area contributed by atoms with Gasteiger partial charge in [0, 0.05) is 12.1 Å². The Morgan fingerprint density at radius 3 is 2.50 bits per heavy atom. The third kappa shape index (κ3) is 4.97. The number of hydrogen-bond donors (Lipinski definition) is 2. The van der Waals surface area contributed by atoms with Crippen LogP contribution in [0.1, 0.15) is 35.7 Å². The molecule has 1 aromatic carbocycles. The van der Waals surface area contributed by atoms with Crippen LogP contribution in [0.15, 0.2) is 36.9 Å². The third-order valence-electron chi connectivity index (χ3n) is 2.98. The summed E-state index contributed by atoms with van der Waals surface area (Å²) >= 11 is 0. The molecule has 0 radical (unpaired) electrons. The molecule has 20 heavy (non-hydrogen) atoms. The predicted molar refractivity (Wildman–Crippen MR) is 79.0 cm³/mol. The fraction of sp³-hybridized carbons (Fsp3) is 0.375. The Balaban J connectivity index is 2.81. The van der Waals surface area contributed by atoms with Gasteiger partial charge in [-0.25, -0.2) is 0 Å². The number of nitrogens with one attached hydrogen (secondary N) is 1. The standard InChI is InChI=1S/C16H21NO3/c1-3-5-12-6-8-13(9-7-12)16(20)14(11-15(18)19)17-10-4-2/h4,6-9,14,17H,2-3,5,10-11H2,1H3,(H,18,19). The van der Waals surface area contributed by atoms with Gasteiger partial charge >= 0.3 is 5.97 Å². The highest BCUT2D eigenvalue weighted by Crippen LogP contribution is 2.10. The molecule has 0 saturated heterocycles. The first-order valence-corrected chi connectivity index (χ1v) is 6.77. The molecule has 0 aliphatic carbocycles. The van der Waals surface area contributed by atoms with Crippen LogP contribution in [0.2, 0.25) is 0 Å². The van der Waals surface area contributed by atoms with Crippen molar-refractivity contribution in [3.63, 3.8) is 0 Å². The molecule has 0 spiro atoms. The van der Waals surface area contributed by atoms with Crippen LogP contribution in [0.5, 0.6) is 0 Å². The number of rotatable bonds is 9. The lowest BCUT2D eigenvalue weighted by molar-refractivity contribution is -0.137. The van der Waals surface area contributed by atoms with E-state index in [1.807, 2.05) is 12.1 Å². The minimum atomic E-state index is -0.998. The van der Waals surface area contributed by atoms with Crippen LogP contribution in [-0.2, 0) is 11.2 Å². The SMILES string of the molecule is C=CCNC(CC(=O)O)C(=O)c1ccc(CCC)cc1. The van der Waals surface area contributed by atoms with Crippen molar-refractivity contribution in [3.05, 3.63) is 48.0 Å². The lowest BCUT2D eigenvalue weighted by atomic mass is 9.99. The zero-order valence-corrected chi connectivity index (χ0v) is 11.8. The van der Waals surface area contributed by atoms with Crippen molar-refractivity contribution in [1.82, 2.24) is 5.32 Å². The van der Waals surface area contributed by atoms with Crippen molar-refractivity contribution in [2.45, 2.75) is 32.2 Å². The summed E-state index contributed by atoms with van der Waals surface area (Å²) in [6, 6.07) is 6.64. The van der Waals surface area contributed by atoms with Gasteiger partial charge in [-0.15, -0.1) is 6.58 Å². The van der Waals surface area contributed by atoms with E-state index in [2.05, 4.69) is 18.8 Å². The van der Waals surface area contributed by atoms with Crippen molar-refractivity contribution in [3.8, 4) is 0 Å². The summed E-state index contributed by atoms with van der Waals surface area (Å²) in [7, 11) is 0. The maximum Gasteiger partial charge on any atom is 0.305 e. The van der Waals surface area contributed by atoms with E-state index in [4.69, 9.17) is 5.11 Å². The van der Waals surface area contributed by atoms with E-state index in [1.54, 1.807) is 18.2 Å². The molecule has 0 aliphatic heterocycles. The zero-order chi connectivity index (χ0) is 15.0. The molecule has 4 heteroatoms. The Morgan fingerprint density at radius 2 is 2.00 bits per heavy atom. The highest BCUT2D eigenvalue weighted by atomic mass is 16.4.